The topological polar surface area (TPSA) is 73.8 Å². The number of Topliss-reactive ketones (excluding diaryl/α,β-unsaturated/α-hetero) is 1. The highest BCUT2D eigenvalue weighted by atomic mass is 19.1. The van der Waals surface area contributed by atoms with Gasteiger partial charge in [0.15, 0.2) is 5.78 Å². The highest BCUT2D eigenvalue weighted by molar-refractivity contribution is 6.21. The molecule has 0 bridgehead atoms. The van der Waals surface area contributed by atoms with Gasteiger partial charge in [0.25, 0.3) is 5.91 Å². The molecular weight excluding hydrogens is 473 g/mol. The maximum absolute atomic E-state index is 14.6. The minimum absolute atomic E-state index is 0.0797. The number of likely N-dealkylation sites (tertiary alicyclic amines) is 2. The van der Waals surface area contributed by atoms with Gasteiger partial charge in [-0.15, -0.1) is 0 Å². The fourth-order valence-corrected chi connectivity index (χ4v) is 4.78. The van der Waals surface area contributed by atoms with E-state index in [1.165, 1.54) is 18.2 Å². The maximum atomic E-state index is 14.6. The third kappa shape index (κ3) is 5.49. The Morgan fingerprint density at radius 2 is 1.39 bits per heavy atom. The summed E-state index contributed by atoms with van der Waals surface area (Å²) >= 11 is 0. The Labute approximate surface area is 207 Å². The summed E-state index contributed by atoms with van der Waals surface area (Å²) in [4.78, 5) is 49.2. The molecule has 1 aromatic carbocycles. The van der Waals surface area contributed by atoms with Crippen LogP contribution in [0.4, 0.5) is 19.0 Å². The largest absolute Gasteiger partial charge is 0.306 e. The lowest BCUT2D eigenvalue weighted by Crippen LogP contribution is -2.45. The molecule has 36 heavy (non-hydrogen) atoms. The number of pyridine rings is 1. The van der Waals surface area contributed by atoms with Gasteiger partial charge in [-0.25, -0.2) is 23.1 Å². The Bertz CT molecular complexity index is 1140. The zero-order chi connectivity index (χ0) is 26.0. The number of carbonyl (C=O) groups is 3. The van der Waals surface area contributed by atoms with Crippen molar-refractivity contribution in [3.8, 4) is 0 Å². The van der Waals surface area contributed by atoms with E-state index in [4.69, 9.17) is 0 Å². The van der Waals surface area contributed by atoms with Crippen LogP contribution in [-0.2, 0) is 4.79 Å². The van der Waals surface area contributed by atoms with Crippen molar-refractivity contribution >= 4 is 23.4 Å². The Balaban J connectivity index is 1.71. The quantitative estimate of drug-likeness (QED) is 0.460. The molecule has 0 N–H and O–H groups in total. The van der Waals surface area contributed by atoms with E-state index in [1.54, 1.807) is 0 Å². The molecule has 0 unspecified atom stereocenters. The number of rotatable bonds is 5. The first kappa shape index (κ1) is 26.0. The van der Waals surface area contributed by atoms with Crippen LogP contribution in [0.2, 0.25) is 0 Å². The molecule has 0 atom stereocenters. The lowest BCUT2D eigenvalue weighted by molar-refractivity contribution is -0.123. The molecule has 7 nitrogen and oxygen atoms in total. The molecule has 2 fully saturated rings. The van der Waals surface area contributed by atoms with E-state index in [0.717, 1.165) is 13.1 Å². The first-order valence-corrected chi connectivity index (χ1v) is 12.1. The second kappa shape index (κ2) is 10.9. The highest BCUT2D eigenvalue weighted by Gasteiger charge is 2.36. The summed E-state index contributed by atoms with van der Waals surface area (Å²) in [7, 11) is 3.89. The van der Waals surface area contributed by atoms with Gasteiger partial charge >= 0.3 is 0 Å². The molecule has 1 aromatic heterocycles. The summed E-state index contributed by atoms with van der Waals surface area (Å²) in [5.74, 6) is -7.18. The van der Waals surface area contributed by atoms with Crippen LogP contribution in [0, 0.1) is 29.3 Å². The fraction of sp³-hybridized carbons (Fsp3) is 0.462. The number of benzene rings is 1. The molecule has 4 rings (SSSR count). The van der Waals surface area contributed by atoms with Crippen LogP contribution in [0.25, 0.3) is 0 Å². The van der Waals surface area contributed by atoms with Gasteiger partial charge in [-0.1, -0.05) is 6.07 Å². The number of amides is 2. The SMILES string of the molecule is CN1CCC(C(=O)c2cccc(N(C(=O)c3c(F)cc(F)cc3F)C(=O)C3CCN(C)CC3)n2)CC1. The van der Waals surface area contributed by atoms with E-state index >= 15 is 0 Å². The van der Waals surface area contributed by atoms with Crippen molar-refractivity contribution < 1.29 is 27.6 Å². The Hall–Kier alpha value is -3.11. The van der Waals surface area contributed by atoms with Crippen molar-refractivity contribution in [2.45, 2.75) is 25.7 Å². The average Bonchev–Trinajstić information content (AvgIpc) is 2.84. The third-order valence-corrected chi connectivity index (χ3v) is 7.02. The normalized spacial score (nSPS) is 18.2. The van der Waals surface area contributed by atoms with Crippen LogP contribution in [-0.4, -0.2) is 72.7 Å². The van der Waals surface area contributed by atoms with Gasteiger partial charge in [-0.2, -0.15) is 0 Å². The van der Waals surface area contributed by atoms with Gasteiger partial charge < -0.3 is 9.80 Å². The van der Waals surface area contributed by atoms with Crippen molar-refractivity contribution in [2.24, 2.45) is 11.8 Å². The number of aromatic nitrogens is 1. The van der Waals surface area contributed by atoms with Crippen LogP contribution in [0.3, 0.4) is 0 Å². The van der Waals surface area contributed by atoms with Crippen molar-refractivity contribution in [3.63, 3.8) is 0 Å². The smallest absolute Gasteiger partial charge is 0.272 e. The summed E-state index contributed by atoms with van der Waals surface area (Å²) in [5, 5.41) is 0. The fourth-order valence-electron chi connectivity index (χ4n) is 4.78. The summed E-state index contributed by atoms with van der Waals surface area (Å²) in [5.41, 5.74) is -0.970. The predicted octanol–water partition coefficient (Wildman–Crippen LogP) is 3.54. The summed E-state index contributed by atoms with van der Waals surface area (Å²) < 4.78 is 42.6. The maximum Gasteiger partial charge on any atom is 0.272 e. The van der Waals surface area contributed by atoms with Crippen molar-refractivity contribution in [3.05, 3.63) is 59.0 Å². The molecule has 3 heterocycles. The number of halogens is 3. The van der Waals surface area contributed by atoms with Gasteiger partial charge in [0.1, 0.15) is 34.5 Å². The first-order chi connectivity index (χ1) is 17.2. The van der Waals surface area contributed by atoms with E-state index < -0.39 is 40.7 Å². The van der Waals surface area contributed by atoms with Crippen LogP contribution in [0.5, 0.6) is 0 Å². The standard InChI is InChI=1S/C26H29F3N4O3/c1-31-10-6-16(7-11-31)24(34)21-4-3-5-22(30-21)33(25(35)17-8-12-32(2)13-9-17)26(36)23-19(28)14-18(27)15-20(23)29/h3-5,14-17H,6-13H2,1-2H3. The number of hydrogen-bond acceptors (Lipinski definition) is 6. The number of hydrogen-bond donors (Lipinski definition) is 0. The molecule has 2 saturated heterocycles. The van der Waals surface area contributed by atoms with Crippen molar-refractivity contribution in [2.75, 3.05) is 45.2 Å². The van der Waals surface area contributed by atoms with Gasteiger partial charge in [-0.3, -0.25) is 14.4 Å². The van der Waals surface area contributed by atoms with Gasteiger partial charge in [0.05, 0.1) is 0 Å². The van der Waals surface area contributed by atoms with E-state index in [9.17, 15) is 27.6 Å². The molecule has 0 radical (unpaired) electrons. The number of piperidine rings is 2. The minimum Gasteiger partial charge on any atom is -0.306 e. The van der Waals surface area contributed by atoms with Crippen LogP contribution in [0.1, 0.15) is 46.5 Å². The van der Waals surface area contributed by atoms with Gasteiger partial charge in [0, 0.05) is 24.0 Å². The molecule has 0 spiro atoms. The number of anilines is 1. The molecule has 2 amide bonds. The molecular formula is C26H29F3N4O3. The highest BCUT2D eigenvalue weighted by Crippen LogP contribution is 2.27. The second-order valence-electron chi connectivity index (χ2n) is 9.62. The first-order valence-electron chi connectivity index (χ1n) is 12.1. The lowest BCUT2D eigenvalue weighted by atomic mass is 9.91. The van der Waals surface area contributed by atoms with E-state index in [1.807, 2.05) is 19.0 Å². The number of nitrogens with zero attached hydrogens (tertiary/aromatic N) is 4. The van der Waals surface area contributed by atoms with Crippen LogP contribution >= 0.6 is 0 Å². The number of carbonyl (C=O) groups excluding carboxylic acids is 3. The lowest BCUT2D eigenvalue weighted by Gasteiger charge is -2.31. The van der Waals surface area contributed by atoms with Crippen LogP contribution < -0.4 is 4.90 Å². The second-order valence-corrected chi connectivity index (χ2v) is 9.62. The summed E-state index contributed by atoms with van der Waals surface area (Å²) in [6.45, 7) is 2.75. The minimum atomic E-state index is -1.42. The molecule has 192 valence electrons. The molecule has 0 aliphatic carbocycles. The van der Waals surface area contributed by atoms with Crippen molar-refractivity contribution in [1.82, 2.24) is 14.8 Å². The molecule has 2 aliphatic heterocycles. The Morgan fingerprint density at radius 3 is 1.94 bits per heavy atom. The number of ketones is 1. The summed E-state index contributed by atoms with van der Waals surface area (Å²) in [6.07, 6.45) is 2.21. The zero-order valence-electron chi connectivity index (χ0n) is 20.3. The zero-order valence-corrected chi connectivity index (χ0v) is 20.3. The van der Waals surface area contributed by atoms with Crippen LogP contribution in [0.15, 0.2) is 30.3 Å². The molecule has 0 saturated carbocycles. The monoisotopic (exact) mass is 502 g/mol. The number of imide groups is 1. The average molecular weight is 503 g/mol. The summed E-state index contributed by atoms with van der Waals surface area (Å²) in [6, 6.07) is 5.13. The van der Waals surface area contributed by atoms with E-state index in [2.05, 4.69) is 9.88 Å². The van der Waals surface area contributed by atoms with E-state index in [-0.39, 0.29) is 23.2 Å². The predicted molar refractivity (Wildman–Crippen MR) is 127 cm³/mol. The van der Waals surface area contributed by atoms with Gasteiger partial charge in [0.2, 0.25) is 5.91 Å². The Kier molecular flexibility index (Phi) is 7.85. The third-order valence-electron chi connectivity index (χ3n) is 7.02. The van der Waals surface area contributed by atoms with Crippen molar-refractivity contribution in [1.29, 1.82) is 0 Å². The molecule has 2 aromatic rings. The Morgan fingerprint density at radius 1 is 0.861 bits per heavy atom. The van der Waals surface area contributed by atoms with E-state index in [0.29, 0.717) is 55.8 Å². The molecule has 10 heteroatoms. The van der Waals surface area contributed by atoms with Gasteiger partial charge in [-0.05, 0) is 78.1 Å². The molecule has 2 aliphatic rings.